The minimum absolute atomic E-state index is 0.395. The molecule has 5 heteroatoms. The molecule has 0 fully saturated rings. The maximum Gasteiger partial charge on any atom is 0.348 e. The van der Waals surface area contributed by atoms with Gasteiger partial charge in [0.2, 0.25) is 0 Å². The highest BCUT2D eigenvalue weighted by Gasteiger charge is 2.27. The van der Waals surface area contributed by atoms with Gasteiger partial charge in [0.05, 0.1) is 0 Å². The molecule has 2 atom stereocenters. The van der Waals surface area contributed by atoms with Gasteiger partial charge in [-0.2, -0.15) is 0 Å². The molecular weight excluding hydrogens is 463 g/mol. The van der Waals surface area contributed by atoms with Crippen LogP contribution in [0.25, 0.3) is 0 Å². The standard InChI is InChI=1S/C28H35O2PS2/c1-5-22(3)25-16-10-12-18-27(25)29-31(32,33-21-20-24-14-8-7-9-15-24)30-28-19-13-11-17-26(28)23(4)6-2/h7-19,22-23H,5-6,20-21H2,1-4H3. The lowest BCUT2D eigenvalue weighted by Crippen LogP contribution is -2.05. The largest absolute Gasteiger partial charge is 0.428 e. The number of hydrogen-bond donors (Lipinski definition) is 0. The Bertz CT molecular complexity index is 995. The van der Waals surface area contributed by atoms with E-state index >= 15 is 0 Å². The summed E-state index contributed by atoms with van der Waals surface area (Å²) in [6.07, 6.45) is 3.01. The molecule has 2 unspecified atom stereocenters. The minimum Gasteiger partial charge on any atom is -0.428 e. The van der Waals surface area contributed by atoms with Crippen molar-refractivity contribution in [3.8, 4) is 11.5 Å². The van der Waals surface area contributed by atoms with Gasteiger partial charge in [-0.05, 0) is 83.1 Å². The topological polar surface area (TPSA) is 18.5 Å². The summed E-state index contributed by atoms with van der Waals surface area (Å²) in [4.78, 5) is 0. The van der Waals surface area contributed by atoms with Crippen LogP contribution in [0.4, 0.5) is 0 Å². The molecule has 0 spiro atoms. The Labute approximate surface area is 209 Å². The Balaban J connectivity index is 1.89. The van der Waals surface area contributed by atoms with Crippen LogP contribution in [0.15, 0.2) is 78.9 Å². The maximum atomic E-state index is 6.63. The molecule has 3 aromatic carbocycles. The Hall–Kier alpha value is -1.74. The van der Waals surface area contributed by atoms with Crippen LogP contribution in [0.3, 0.4) is 0 Å². The Morgan fingerprint density at radius 3 is 1.67 bits per heavy atom. The van der Waals surface area contributed by atoms with Crippen LogP contribution in [-0.2, 0) is 18.2 Å². The van der Waals surface area contributed by atoms with Gasteiger partial charge in [0.1, 0.15) is 11.5 Å². The zero-order chi connectivity index (χ0) is 23.7. The van der Waals surface area contributed by atoms with E-state index in [-0.39, 0.29) is 0 Å². The molecule has 0 aromatic heterocycles. The van der Waals surface area contributed by atoms with Gasteiger partial charge >= 0.3 is 5.69 Å². The first-order valence-corrected chi connectivity index (χ1v) is 16.0. The third kappa shape index (κ3) is 7.37. The minimum atomic E-state index is -2.70. The van der Waals surface area contributed by atoms with Gasteiger partial charge < -0.3 is 9.05 Å². The average Bonchev–Trinajstić information content (AvgIpc) is 2.84. The van der Waals surface area contributed by atoms with Crippen LogP contribution in [0.1, 0.15) is 69.1 Å². The van der Waals surface area contributed by atoms with Crippen LogP contribution in [0.2, 0.25) is 0 Å². The lowest BCUT2D eigenvalue weighted by Gasteiger charge is -2.27. The van der Waals surface area contributed by atoms with E-state index in [0.29, 0.717) is 11.8 Å². The Kier molecular flexibility index (Phi) is 9.92. The quantitative estimate of drug-likeness (QED) is 0.231. The molecule has 0 radical (unpaired) electrons. The lowest BCUT2D eigenvalue weighted by molar-refractivity contribution is 0.491. The van der Waals surface area contributed by atoms with E-state index in [9.17, 15) is 0 Å². The van der Waals surface area contributed by atoms with Crippen LogP contribution < -0.4 is 9.05 Å². The van der Waals surface area contributed by atoms with Gasteiger partial charge in [-0.3, -0.25) is 0 Å². The summed E-state index contributed by atoms with van der Waals surface area (Å²) in [5, 5.41) is 0. The average molecular weight is 499 g/mol. The van der Waals surface area contributed by atoms with E-state index in [0.717, 1.165) is 36.5 Å². The first-order chi connectivity index (χ1) is 16.0. The highest BCUT2D eigenvalue weighted by atomic mass is 32.9. The van der Waals surface area contributed by atoms with Gasteiger partial charge in [0.25, 0.3) is 0 Å². The van der Waals surface area contributed by atoms with Crippen LogP contribution in [-0.4, -0.2) is 5.75 Å². The zero-order valence-corrected chi connectivity index (χ0v) is 22.6. The van der Waals surface area contributed by atoms with E-state index in [1.165, 1.54) is 16.7 Å². The maximum absolute atomic E-state index is 6.63. The third-order valence-corrected chi connectivity index (χ3v) is 10.9. The lowest BCUT2D eigenvalue weighted by atomic mass is 9.98. The molecule has 33 heavy (non-hydrogen) atoms. The summed E-state index contributed by atoms with van der Waals surface area (Å²) in [6.45, 7) is 8.86. The molecule has 176 valence electrons. The van der Waals surface area contributed by atoms with Crippen molar-refractivity contribution in [1.82, 2.24) is 0 Å². The van der Waals surface area contributed by atoms with Crippen molar-refractivity contribution in [2.75, 3.05) is 5.75 Å². The molecule has 0 aliphatic heterocycles. The van der Waals surface area contributed by atoms with E-state index < -0.39 is 5.69 Å². The van der Waals surface area contributed by atoms with Crippen molar-refractivity contribution in [3.63, 3.8) is 0 Å². The molecule has 3 aromatic rings. The first kappa shape index (κ1) is 25.9. The van der Waals surface area contributed by atoms with Crippen molar-refractivity contribution in [1.29, 1.82) is 0 Å². The van der Waals surface area contributed by atoms with Crippen LogP contribution in [0.5, 0.6) is 11.5 Å². The molecule has 0 heterocycles. The summed E-state index contributed by atoms with van der Waals surface area (Å²) < 4.78 is 13.3. The zero-order valence-electron chi connectivity index (χ0n) is 20.1. The second-order valence-corrected chi connectivity index (χ2v) is 14.7. The Morgan fingerprint density at radius 2 is 1.18 bits per heavy atom. The van der Waals surface area contributed by atoms with Gasteiger partial charge in [-0.25, -0.2) is 0 Å². The molecule has 2 nitrogen and oxygen atoms in total. The number of aryl methyl sites for hydroxylation is 1. The highest BCUT2D eigenvalue weighted by Crippen LogP contribution is 2.61. The molecule has 0 aliphatic carbocycles. The summed E-state index contributed by atoms with van der Waals surface area (Å²) in [7, 11) is 0. The smallest absolute Gasteiger partial charge is 0.348 e. The highest BCUT2D eigenvalue weighted by molar-refractivity contribution is 8.68. The normalized spacial score (nSPS) is 14.8. The second kappa shape index (κ2) is 12.6. The van der Waals surface area contributed by atoms with Crippen molar-refractivity contribution in [2.24, 2.45) is 0 Å². The molecule has 0 amide bonds. The predicted octanol–water partition coefficient (Wildman–Crippen LogP) is 9.37. The summed E-state index contributed by atoms with van der Waals surface area (Å²) in [6, 6.07) is 27.0. The number of hydrogen-bond acceptors (Lipinski definition) is 4. The SMILES string of the molecule is CCC(C)c1ccccc1OP(=S)(Oc1ccccc1C(C)CC)SCCc1ccccc1. The predicted molar refractivity (Wildman–Crippen MR) is 148 cm³/mol. The molecule has 3 rings (SSSR count). The van der Waals surface area contributed by atoms with Gasteiger partial charge in [0, 0.05) is 5.75 Å². The summed E-state index contributed by atoms with van der Waals surface area (Å²) >= 11 is 7.82. The monoisotopic (exact) mass is 498 g/mol. The number of rotatable bonds is 12. The number of para-hydroxylation sites is 2. The first-order valence-electron chi connectivity index (χ1n) is 11.8. The molecule has 0 saturated heterocycles. The molecule has 0 saturated carbocycles. The molecule has 0 N–H and O–H groups in total. The molecular formula is C28H35O2PS2. The van der Waals surface area contributed by atoms with Gasteiger partial charge in [0.15, 0.2) is 0 Å². The summed E-state index contributed by atoms with van der Waals surface area (Å²) in [5.41, 5.74) is 0.976. The number of benzene rings is 3. The second-order valence-electron chi connectivity index (χ2n) is 8.39. The third-order valence-electron chi connectivity index (χ3n) is 6.03. The van der Waals surface area contributed by atoms with Crippen molar-refractivity contribution >= 4 is 28.9 Å². The van der Waals surface area contributed by atoms with Crippen molar-refractivity contribution in [2.45, 2.75) is 58.8 Å². The summed E-state index contributed by atoms with van der Waals surface area (Å²) in [5.74, 6) is 3.34. The van der Waals surface area contributed by atoms with Crippen molar-refractivity contribution in [3.05, 3.63) is 95.6 Å². The fraction of sp³-hybridized carbons (Fsp3) is 0.357. The fourth-order valence-corrected chi connectivity index (χ4v) is 8.02. The van der Waals surface area contributed by atoms with Gasteiger partial charge in [-0.1, -0.05) is 94.4 Å². The van der Waals surface area contributed by atoms with Gasteiger partial charge in [-0.15, -0.1) is 0 Å². The van der Waals surface area contributed by atoms with E-state index in [2.05, 4.69) is 76.2 Å². The van der Waals surface area contributed by atoms with Crippen LogP contribution >= 0.6 is 17.1 Å². The van der Waals surface area contributed by atoms with Crippen molar-refractivity contribution < 1.29 is 9.05 Å². The van der Waals surface area contributed by atoms with E-state index in [1.54, 1.807) is 11.4 Å². The fourth-order valence-electron chi connectivity index (χ4n) is 3.61. The van der Waals surface area contributed by atoms with E-state index in [1.807, 2.05) is 30.3 Å². The molecule has 0 bridgehead atoms. The van der Waals surface area contributed by atoms with E-state index in [4.69, 9.17) is 20.9 Å². The molecule has 0 aliphatic rings. The Morgan fingerprint density at radius 1 is 0.727 bits per heavy atom. The van der Waals surface area contributed by atoms with Crippen LogP contribution in [0, 0.1) is 0 Å².